The maximum atomic E-state index is 13.1. The SMILES string of the molecule is O=C(OCc1cc(=O)n2c3c(sc2n1)CCCC3)c1ccccc1OCc1ccc(F)cc1. The smallest absolute Gasteiger partial charge is 0.342 e. The molecule has 0 saturated carbocycles. The Bertz CT molecular complexity index is 1380. The second kappa shape index (κ2) is 9.15. The number of halogens is 1. The van der Waals surface area contributed by atoms with Crippen LogP contribution in [-0.4, -0.2) is 15.4 Å². The monoisotopic (exact) mass is 464 g/mol. The molecule has 4 aromatic rings. The van der Waals surface area contributed by atoms with Crippen molar-refractivity contribution in [3.8, 4) is 5.75 Å². The van der Waals surface area contributed by atoms with E-state index in [-0.39, 0.29) is 30.2 Å². The van der Waals surface area contributed by atoms with Crippen molar-refractivity contribution >= 4 is 22.3 Å². The van der Waals surface area contributed by atoms with Crippen molar-refractivity contribution in [3.05, 3.63) is 98.2 Å². The lowest BCUT2D eigenvalue weighted by atomic mass is 10.0. The lowest BCUT2D eigenvalue weighted by Gasteiger charge is -2.11. The molecule has 2 aromatic carbocycles. The highest BCUT2D eigenvalue weighted by atomic mass is 32.1. The number of carbonyl (C=O) groups excluding carboxylic acids is 1. The van der Waals surface area contributed by atoms with Crippen LogP contribution >= 0.6 is 11.3 Å². The van der Waals surface area contributed by atoms with E-state index in [1.54, 1.807) is 40.8 Å². The van der Waals surface area contributed by atoms with Gasteiger partial charge >= 0.3 is 5.97 Å². The van der Waals surface area contributed by atoms with Crippen LogP contribution in [-0.2, 0) is 30.8 Å². The minimum atomic E-state index is -0.572. The van der Waals surface area contributed by atoms with E-state index >= 15 is 0 Å². The standard InChI is InChI=1S/C25H21FN2O4S/c26-17-11-9-16(10-12-17)14-31-21-7-3-1-5-19(21)24(30)32-15-18-13-23(29)28-20-6-2-4-8-22(20)33-25(28)27-18/h1,3,5,7,9-13H,2,4,6,8,14-15H2. The van der Waals surface area contributed by atoms with Crippen molar-refractivity contribution in [2.45, 2.75) is 38.9 Å². The van der Waals surface area contributed by atoms with E-state index in [0.717, 1.165) is 36.9 Å². The Balaban J connectivity index is 1.30. The van der Waals surface area contributed by atoms with Gasteiger partial charge in [-0.15, -0.1) is 11.3 Å². The predicted octanol–water partition coefficient (Wildman–Crippen LogP) is 4.71. The van der Waals surface area contributed by atoms with E-state index in [9.17, 15) is 14.0 Å². The summed E-state index contributed by atoms with van der Waals surface area (Å²) < 4.78 is 26.0. The van der Waals surface area contributed by atoms with Crippen LogP contribution in [0.25, 0.3) is 4.96 Å². The van der Waals surface area contributed by atoms with Gasteiger partial charge in [0.25, 0.3) is 5.56 Å². The van der Waals surface area contributed by atoms with Crippen LogP contribution in [0, 0.1) is 5.82 Å². The minimum absolute atomic E-state index is 0.112. The molecular formula is C25H21FN2O4S. The van der Waals surface area contributed by atoms with Gasteiger partial charge in [0.1, 0.15) is 30.3 Å². The average Bonchev–Trinajstić information content (AvgIpc) is 3.21. The van der Waals surface area contributed by atoms with Crippen LogP contribution in [0.15, 0.2) is 59.4 Å². The zero-order chi connectivity index (χ0) is 22.8. The van der Waals surface area contributed by atoms with Crippen LogP contribution in [0.3, 0.4) is 0 Å². The molecule has 6 nitrogen and oxygen atoms in total. The van der Waals surface area contributed by atoms with Gasteiger partial charge in [-0.2, -0.15) is 0 Å². The lowest BCUT2D eigenvalue weighted by molar-refractivity contribution is 0.0462. The fraction of sp³-hybridized carbons (Fsp3) is 0.240. The molecule has 168 valence electrons. The number of hydrogen-bond acceptors (Lipinski definition) is 6. The number of hydrogen-bond donors (Lipinski definition) is 0. The molecule has 0 spiro atoms. The molecule has 0 atom stereocenters. The lowest BCUT2D eigenvalue weighted by Crippen LogP contribution is -2.18. The summed E-state index contributed by atoms with van der Waals surface area (Å²) in [5.41, 5.74) is 2.37. The van der Waals surface area contributed by atoms with Crippen molar-refractivity contribution < 1.29 is 18.7 Å². The highest BCUT2D eigenvalue weighted by molar-refractivity contribution is 7.17. The number of aromatic nitrogens is 2. The Morgan fingerprint density at radius 3 is 2.70 bits per heavy atom. The molecule has 0 N–H and O–H groups in total. The molecule has 0 saturated heterocycles. The Hall–Kier alpha value is -3.52. The van der Waals surface area contributed by atoms with Gasteiger partial charge in [0, 0.05) is 16.6 Å². The second-order valence-corrected chi connectivity index (χ2v) is 8.93. The number of esters is 1. The third-order valence-corrected chi connectivity index (χ3v) is 6.72. The predicted molar refractivity (Wildman–Crippen MR) is 122 cm³/mol. The van der Waals surface area contributed by atoms with Gasteiger partial charge in [-0.05, 0) is 55.5 Å². The van der Waals surface area contributed by atoms with E-state index < -0.39 is 5.97 Å². The Kier molecular flexibility index (Phi) is 5.92. The molecule has 1 aliphatic carbocycles. The maximum Gasteiger partial charge on any atom is 0.342 e. The average molecular weight is 465 g/mol. The van der Waals surface area contributed by atoms with Crippen molar-refractivity contribution in [2.75, 3.05) is 0 Å². The number of para-hydroxylation sites is 1. The number of thiazole rings is 1. The fourth-order valence-electron chi connectivity index (χ4n) is 3.94. The van der Waals surface area contributed by atoms with Gasteiger partial charge in [-0.3, -0.25) is 9.20 Å². The minimum Gasteiger partial charge on any atom is -0.488 e. The topological polar surface area (TPSA) is 69.9 Å². The van der Waals surface area contributed by atoms with Gasteiger partial charge in [-0.25, -0.2) is 14.2 Å². The summed E-state index contributed by atoms with van der Waals surface area (Å²) in [6.07, 6.45) is 4.07. The molecule has 8 heteroatoms. The summed E-state index contributed by atoms with van der Waals surface area (Å²) in [7, 11) is 0. The van der Waals surface area contributed by atoms with Crippen LogP contribution in [0.1, 0.15) is 45.0 Å². The van der Waals surface area contributed by atoms with E-state index in [0.29, 0.717) is 16.4 Å². The Morgan fingerprint density at radius 1 is 1.06 bits per heavy atom. The molecule has 1 aliphatic rings. The molecule has 2 heterocycles. The first-order valence-corrected chi connectivity index (χ1v) is 11.6. The zero-order valence-electron chi connectivity index (χ0n) is 17.8. The molecule has 0 bridgehead atoms. The van der Waals surface area contributed by atoms with Crippen LogP contribution in [0.5, 0.6) is 5.75 Å². The highest BCUT2D eigenvalue weighted by Gasteiger charge is 2.19. The molecule has 0 amide bonds. The Labute approximate surface area is 193 Å². The first-order chi connectivity index (χ1) is 16.1. The van der Waals surface area contributed by atoms with Gasteiger partial charge in [0.15, 0.2) is 4.96 Å². The van der Waals surface area contributed by atoms with Crippen LogP contribution < -0.4 is 10.3 Å². The van der Waals surface area contributed by atoms with Crippen LogP contribution in [0.2, 0.25) is 0 Å². The number of rotatable bonds is 6. The largest absolute Gasteiger partial charge is 0.488 e. The van der Waals surface area contributed by atoms with Crippen molar-refractivity contribution in [1.29, 1.82) is 0 Å². The summed E-state index contributed by atoms with van der Waals surface area (Å²) in [5, 5.41) is 0. The first kappa shape index (κ1) is 21.3. The second-order valence-electron chi connectivity index (χ2n) is 7.87. The molecule has 2 aromatic heterocycles. The van der Waals surface area contributed by atoms with E-state index in [1.807, 2.05) is 0 Å². The first-order valence-electron chi connectivity index (χ1n) is 10.7. The fourth-order valence-corrected chi connectivity index (χ4v) is 5.17. The number of fused-ring (bicyclic) bond motifs is 3. The number of ether oxygens (including phenoxy) is 2. The normalized spacial score (nSPS) is 13.0. The number of nitrogens with zero attached hydrogens (tertiary/aromatic N) is 2. The van der Waals surface area contributed by atoms with Gasteiger partial charge in [0.05, 0.1) is 5.69 Å². The van der Waals surface area contributed by atoms with E-state index in [2.05, 4.69) is 4.98 Å². The summed E-state index contributed by atoms with van der Waals surface area (Å²) >= 11 is 1.53. The summed E-state index contributed by atoms with van der Waals surface area (Å²) in [5.74, 6) is -0.532. The molecule has 0 fully saturated rings. The molecule has 33 heavy (non-hydrogen) atoms. The molecule has 5 rings (SSSR count). The third-order valence-electron chi connectivity index (χ3n) is 5.58. The van der Waals surface area contributed by atoms with Crippen LogP contribution in [0.4, 0.5) is 4.39 Å². The van der Waals surface area contributed by atoms with Crippen molar-refractivity contribution in [3.63, 3.8) is 0 Å². The molecule has 0 unspecified atom stereocenters. The van der Waals surface area contributed by atoms with Crippen molar-refractivity contribution in [1.82, 2.24) is 9.38 Å². The van der Waals surface area contributed by atoms with Gasteiger partial charge < -0.3 is 9.47 Å². The third kappa shape index (κ3) is 4.52. The Morgan fingerprint density at radius 2 is 1.85 bits per heavy atom. The number of carbonyl (C=O) groups is 1. The summed E-state index contributed by atoms with van der Waals surface area (Å²) in [6.45, 7) is 0.0715. The summed E-state index contributed by atoms with van der Waals surface area (Å²) in [4.78, 5) is 31.8. The quantitative estimate of drug-likeness (QED) is 0.387. The van der Waals surface area contributed by atoms with E-state index in [1.165, 1.54) is 34.4 Å². The zero-order valence-corrected chi connectivity index (χ0v) is 18.6. The maximum absolute atomic E-state index is 13.1. The van der Waals surface area contributed by atoms with Gasteiger partial charge in [-0.1, -0.05) is 24.3 Å². The highest BCUT2D eigenvalue weighted by Crippen LogP contribution is 2.28. The van der Waals surface area contributed by atoms with E-state index in [4.69, 9.17) is 9.47 Å². The number of aryl methyl sites for hydroxylation is 2. The van der Waals surface area contributed by atoms with Gasteiger partial charge in [0.2, 0.25) is 0 Å². The molecule has 0 radical (unpaired) electrons. The summed E-state index contributed by atoms with van der Waals surface area (Å²) in [6, 6.07) is 14.1. The number of benzene rings is 2. The van der Waals surface area contributed by atoms with Crippen molar-refractivity contribution in [2.24, 2.45) is 0 Å². The molecule has 0 aliphatic heterocycles. The molecular weight excluding hydrogens is 443 g/mol.